The van der Waals surface area contributed by atoms with Crippen molar-refractivity contribution < 1.29 is 13.2 Å². The summed E-state index contributed by atoms with van der Waals surface area (Å²) in [7, 11) is 0. The number of hydrogen-bond donors (Lipinski definition) is 0. The van der Waals surface area contributed by atoms with Crippen LogP contribution in [0.4, 0.5) is 18.9 Å². The van der Waals surface area contributed by atoms with Crippen molar-refractivity contribution in [2.24, 2.45) is 4.99 Å². The molecule has 0 saturated carbocycles. The molecule has 0 spiro atoms. The first-order valence-corrected chi connectivity index (χ1v) is 10.0. The van der Waals surface area contributed by atoms with E-state index in [0.717, 1.165) is 11.0 Å². The van der Waals surface area contributed by atoms with E-state index in [0.29, 0.717) is 22.3 Å². The summed E-state index contributed by atoms with van der Waals surface area (Å²) in [5.41, 5.74) is 0.600. The average molecular weight is 416 g/mol. The summed E-state index contributed by atoms with van der Waals surface area (Å²) in [6.07, 6.45) is -3.36. The minimum absolute atomic E-state index is 0.271. The molecule has 3 aromatic rings. The highest BCUT2D eigenvalue weighted by molar-refractivity contribution is 8.14. The van der Waals surface area contributed by atoms with E-state index in [-0.39, 0.29) is 5.04 Å². The third-order valence-corrected chi connectivity index (χ3v) is 5.47. The summed E-state index contributed by atoms with van der Waals surface area (Å²) in [4.78, 5) is 5.07. The number of para-hydroxylation sites is 1. The lowest BCUT2D eigenvalue weighted by Gasteiger charge is -2.12. The van der Waals surface area contributed by atoms with Crippen LogP contribution in [0.2, 0.25) is 0 Å². The van der Waals surface area contributed by atoms with Crippen LogP contribution in [-0.2, 0) is 0 Å². The highest BCUT2D eigenvalue weighted by Crippen LogP contribution is 2.40. The molecule has 142 valence electrons. The molecule has 0 atom stereocenters. The highest BCUT2D eigenvalue weighted by Gasteiger charge is 2.35. The molecule has 0 radical (unpaired) electrons. The van der Waals surface area contributed by atoms with Crippen LogP contribution < -0.4 is 0 Å². The van der Waals surface area contributed by atoms with Gasteiger partial charge >= 0.3 is 6.18 Å². The standard InChI is InChI=1S/C22H16F3NS2/c23-22(24,25)20(27-18-12-6-2-7-13-18)16-21(26-17-10-4-1-5-11-17)28-19-14-8-3-9-15-19/h1-16H/b20-16-,26-21-. The van der Waals surface area contributed by atoms with Gasteiger partial charge < -0.3 is 0 Å². The fourth-order valence-corrected chi connectivity index (χ4v) is 3.99. The first-order valence-electron chi connectivity index (χ1n) is 8.39. The lowest BCUT2D eigenvalue weighted by Crippen LogP contribution is -2.10. The Bertz CT molecular complexity index is 938. The third kappa shape index (κ3) is 6.32. The molecule has 3 aromatic carbocycles. The van der Waals surface area contributed by atoms with E-state index in [2.05, 4.69) is 4.99 Å². The van der Waals surface area contributed by atoms with Gasteiger partial charge in [-0.15, -0.1) is 0 Å². The molecule has 0 unspecified atom stereocenters. The number of alkyl halides is 3. The number of benzene rings is 3. The Morgan fingerprint density at radius 1 is 0.679 bits per heavy atom. The zero-order valence-electron chi connectivity index (χ0n) is 14.6. The number of allylic oxidation sites excluding steroid dienone is 1. The van der Waals surface area contributed by atoms with Gasteiger partial charge in [0.2, 0.25) is 0 Å². The molecule has 28 heavy (non-hydrogen) atoms. The molecule has 0 aromatic heterocycles. The Balaban J connectivity index is 1.99. The molecule has 0 aliphatic rings. The van der Waals surface area contributed by atoms with Gasteiger partial charge in [0, 0.05) is 9.79 Å². The molecular weight excluding hydrogens is 399 g/mol. The van der Waals surface area contributed by atoms with Gasteiger partial charge in [0.25, 0.3) is 0 Å². The predicted octanol–water partition coefficient (Wildman–Crippen LogP) is 7.75. The van der Waals surface area contributed by atoms with Gasteiger partial charge in [-0.25, -0.2) is 4.99 Å². The maximum atomic E-state index is 13.7. The summed E-state index contributed by atoms with van der Waals surface area (Å²) < 4.78 is 41.1. The molecule has 3 rings (SSSR count). The van der Waals surface area contributed by atoms with Crippen LogP contribution in [0.5, 0.6) is 0 Å². The van der Waals surface area contributed by atoms with E-state index in [1.807, 2.05) is 36.4 Å². The smallest absolute Gasteiger partial charge is 0.242 e. The molecule has 0 saturated heterocycles. The summed E-state index contributed by atoms with van der Waals surface area (Å²) in [6, 6.07) is 26.7. The Morgan fingerprint density at radius 3 is 1.64 bits per heavy atom. The van der Waals surface area contributed by atoms with Gasteiger partial charge in [-0.2, -0.15) is 13.2 Å². The van der Waals surface area contributed by atoms with Crippen molar-refractivity contribution in [1.82, 2.24) is 0 Å². The quantitative estimate of drug-likeness (QED) is 0.240. The fourth-order valence-electron chi connectivity index (χ4n) is 2.22. The van der Waals surface area contributed by atoms with E-state index in [1.165, 1.54) is 11.8 Å². The Hall–Kier alpha value is -2.44. The van der Waals surface area contributed by atoms with Gasteiger partial charge in [0.05, 0.1) is 10.6 Å². The van der Waals surface area contributed by atoms with E-state index in [4.69, 9.17) is 0 Å². The number of hydrogen-bond acceptors (Lipinski definition) is 3. The first kappa shape index (κ1) is 20.3. The van der Waals surface area contributed by atoms with Crippen molar-refractivity contribution in [2.45, 2.75) is 16.0 Å². The second-order valence-corrected chi connectivity index (χ2v) is 7.83. The average Bonchev–Trinajstić information content (AvgIpc) is 2.69. The zero-order valence-corrected chi connectivity index (χ0v) is 16.3. The van der Waals surface area contributed by atoms with Crippen LogP contribution in [0.1, 0.15) is 0 Å². The van der Waals surface area contributed by atoms with Crippen molar-refractivity contribution in [1.29, 1.82) is 0 Å². The predicted molar refractivity (Wildman–Crippen MR) is 112 cm³/mol. The minimum Gasteiger partial charge on any atom is -0.242 e. The summed E-state index contributed by atoms with van der Waals surface area (Å²) >= 11 is 1.89. The van der Waals surface area contributed by atoms with Crippen LogP contribution in [0.25, 0.3) is 0 Å². The SMILES string of the molecule is FC(F)(F)/C(=C/C(=N/c1ccccc1)Sc1ccccc1)Sc1ccccc1. The maximum absolute atomic E-state index is 13.7. The molecule has 0 fully saturated rings. The molecular formula is C22H16F3NS2. The van der Waals surface area contributed by atoms with E-state index < -0.39 is 11.1 Å². The van der Waals surface area contributed by atoms with Gasteiger partial charge in [-0.05, 0) is 42.5 Å². The van der Waals surface area contributed by atoms with Crippen molar-refractivity contribution in [3.05, 3.63) is 102 Å². The van der Waals surface area contributed by atoms with Gasteiger partial charge in [-0.1, -0.05) is 78.1 Å². The Morgan fingerprint density at radius 2 is 1.14 bits per heavy atom. The number of rotatable bonds is 5. The monoisotopic (exact) mass is 415 g/mol. The largest absolute Gasteiger partial charge is 0.422 e. The number of nitrogens with zero attached hydrogens (tertiary/aromatic N) is 1. The summed E-state index contributed by atoms with van der Waals surface area (Å²) in [5, 5.41) is 0.271. The lowest BCUT2D eigenvalue weighted by atomic mass is 10.3. The second kappa shape index (κ2) is 9.66. The molecule has 0 aliphatic carbocycles. The van der Waals surface area contributed by atoms with Crippen molar-refractivity contribution in [3.8, 4) is 0 Å². The second-order valence-electron chi connectivity index (χ2n) is 5.62. The van der Waals surface area contributed by atoms with E-state index in [9.17, 15) is 13.2 Å². The molecule has 0 heterocycles. The molecule has 0 bridgehead atoms. The van der Waals surface area contributed by atoms with Crippen LogP contribution in [0.15, 0.2) is 117 Å². The van der Waals surface area contributed by atoms with Gasteiger partial charge in [0.1, 0.15) is 5.04 Å². The molecule has 0 N–H and O–H groups in total. The third-order valence-electron chi connectivity index (χ3n) is 3.47. The van der Waals surface area contributed by atoms with Crippen LogP contribution in [0, 0.1) is 0 Å². The van der Waals surface area contributed by atoms with Gasteiger partial charge in [-0.3, -0.25) is 0 Å². The molecule has 0 aliphatic heterocycles. The van der Waals surface area contributed by atoms with E-state index >= 15 is 0 Å². The van der Waals surface area contributed by atoms with Crippen LogP contribution in [-0.4, -0.2) is 11.2 Å². The van der Waals surface area contributed by atoms with Crippen molar-refractivity contribution in [2.75, 3.05) is 0 Å². The normalized spacial score (nSPS) is 12.8. The van der Waals surface area contributed by atoms with Crippen molar-refractivity contribution >= 4 is 34.3 Å². The first-order chi connectivity index (χ1) is 13.5. The fraction of sp³-hybridized carbons (Fsp3) is 0.0455. The minimum atomic E-state index is -4.48. The maximum Gasteiger partial charge on any atom is 0.422 e. The summed E-state index contributed by atoms with van der Waals surface area (Å²) in [6.45, 7) is 0. The lowest BCUT2D eigenvalue weighted by molar-refractivity contribution is -0.0835. The zero-order chi connectivity index (χ0) is 19.8. The molecule has 6 heteroatoms. The van der Waals surface area contributed by atoms with E-state index in [1.54, 1.807) is 54.6 Å². The number of thioether (sulfide) groups is 2. The Kier molecular flexibility index (Phi) is 7.01. The van der Waals surface area contributed by atoms with Gasteiger partial charge in [0.15, 0.2) is 0 Å². The van der Waals surface area contributed by atoms with Crippen LogP contribution >= 0.6 is 23.5 Å². The summed E-state index contributed by atoms with van der Waals surface area (Å²) in [5.74, 6) is 0. The number of halogens is 3. The number of aliphatic imine (C=N–C) groups is 1. The van der Waals surface area contributed by atoms with Crippen molar-refractivity contribution in [3.63, 3.8) is 0 Å². The Labute approximate surface area is 170 Å². The topological polar surface area (TPSA) is 12.4 Å². The molecule has 1 nitrogen and oxygen atoms in total. The van der Waals surface area contributed by atoms with Crippen LogP contribution in [0.3, 0.4) is 0 Å². The molecule has 0 amide bonds. The highest BCUT2D eigenvalue weighted by atomic mass is 32.2.